The van der Waals surface area contributed by atoms with Crippen molar-refractivity contribution >= 4 is 0 Å². The van der Waals surface area contributed by atoms with Crippen LogP contribution in [0.25, 0.3) is 0 Å². The van der Waals surface area contributed by atoms with Gasteiger partial charge in [0.1, 0.15) is 0 Å². The predicted molar refractivity (Wildman–Crippen MR) is 62.6 cm³/mol. The summed E-state index contributed by atoms with van der Waals surface area (Å²) in [5, 5.41) is 3.59. The summed E-state index contributed by atoms with van der Waals surface area (Å²) in [6, 6.07) is 0.711. The molecule has 1 unspecified atom stereocenters. The van der Waals surface area contributed by atoms with E-state index in [0.29, 0.717) is 6.04 Å². The van der Waals surface area contributed by atoms with Crippen LogP contribution in [0.3, 0.4) is 0 Å². The Morgan fingerprint density at radius 3 is 3.07 bits per heavy atom. The van der Waals surface area contributed by atoms with Crippen LogP contribution in [0.4, 0.5) is 0 Å². The van der Waals surface area contributed by atoms with E-state index in [0.717, 1.165) is 0 Å². The van der Waals surface area contributed by atoms with Crippen molar-refractivity contribution < 1.29 is 0 Å². The lowest BCUT2D eigenvalue weighted by molar-refractivity contribution is 0.270. The van der Waals surface area contributed by atoms with E-state index in [-0.39, 0.29) is 0 Å². The third-order valence-corrected chi connectivity index (χ3v) is 2.90. The lowest BCUT2D eigenvalue weighted by Gasteiger charge is -2.22. The van der Waals surface area contributed by atoms with Crippen molar-refractivity contribution in [2.45, 2.75) is 39.2 Å². The largest absolute Gasteiger partial charge is 0.313 e. The van der Waals surface area contributed by atoms with Crippen LogP contribution in [0.15, 0.2) is 12.2 Å². The summed E-state index contributed by atoms with van der Waals surface area (Å²) in [6.45, 7) is 9.28. The Kier molecular flexibility index (Phi) is 5.88. The summed E-state index contributed by atoms with van der Waals surface area (Å²) in [5.41, 5.74) is 0. The van der Waals surface area contributed by atoms with Crippen LogP contribution in [-0.4, -0.2) is 37.1 Å². The summed E-state index contributed by atoms with van der Waals surface area (Å²) in [4.78, 5) is 2.59. The SMILES string of the molecule is C/C=C/CCN1CCCNC(CC)C1. The molecule has 0 aromatic carbocycles. The Balaban J connectivity index is 2.27. The maximum atomic E-state index is 3.59. The molecule has 0 aliphatic carbocycles. The quantitative estimate of drug-likeness (QED) is 0.692. The summed E-state index contributed by atoms with van der Waals surface area (Å²) in [5.74, 6) is 0. The van der Waals surface area contributed by atoms with Gasteiger partial charge in [-0.3, -0.25) is 0 Å². The third kappa shape index (κ3) is 4.25. The number of hydrogen-bond acceptors (Lipinski definition) is 2. The monoisotopic (exact) mass is 196 g/mol. The molecule has 1 rings (SSSR count). The van der Waals surface area contributed by atoms with Crippen LogP contribution >= 0.6 is 0 Å². The number of allylic oxidation sites excluding steroid dienone is 1. The molecule has 0 amide bonds. The second-order valence-corrected chi connectivity index (χ2v) is 4.07. The molecule has 1 N–H and O–H groups in total. The number of nitrogens with zero attached hydrogens (tertiary/aromatic N) is 1. The zero-order valence-electron chi connectivity index (χ0n) is 9.63. The Morgan fingerprint density at radius 1 is 1.50 bits per heavy atom. The fourth-order valence-electron chi connectivity index (χ4n) is 1.98. The first kappa shape index (κ1) is 11.7. The second-order valence-electron chi connectivity index (χ2n) is 4.07. The highest BCUT2D eigenvalue weighted by Crippen LogP contribution is 2.04. The van der Waals surface area contributed by atoms with Crippen LogP contribution in [0, 0.1) is 0 Å². The van der Waals surface area contributed by atoms with Gasteiger partial charge < -0.3 is 10.2 Å². The van der Waals surface area contributed by atoms with E-state index in [1.165, 1.54) is 45.4 Å². The molecule has 1 heterocycles. The van der Waals surface area contributed by atoms with E-state index >= 15 is 0 Å². The van der Waals surface area contributed by atoms with Crippen LogP contribution in [0.1, 0.15) is 33.1 Å². The van der Waals surface area contributed by atoms with Crippen LogP contribution in [0.2, 0.25) is 0 Å². The van der Waals surface area contributed by atoms with Crippen molar-refractivity contribution in [3.8, 4) is 0 Å². The maximum Gasteiger partial charge on any atom is 0.0192 e. The first-order valence-corrected chi connectivity index (χ1v) is 5.93. The Morgan fingerprint density at radius 2 is 2.36 bits per heavy atom. The van der Waals surface area contributed by atoms with Crippen molar-refractivity contribution in [2.24, 2.45) is 0 Å². The van der Waals surface area contributed by atoms with Gasteiger partial charge >= 0.3 is 0 Å². The summed E-state index contributed by atoms with van der Waals surface area (Å²) in [6.07, 6.45) is 8.16. The summed E-state index contributed by atoms with van der Waals surface area (Å²) in [7, 11) is 0. The molecule has 1 atom stereocenters. The van der Waals surface area contributed by atoms with Gasteiger partial charge in [-0.2, -0.15) is 0 Å². The molecule has 0 bridgehead atoms. The van der Waals surface area contributed by atoms with E-state index in [2.05, 4.69) is 36.2 Å². The van der Waals surface area contributed by atoms with E-state index in [1.807, 2.05) is 0 Å². The first-order chi connectivity index (χ1) is 6.86. The molecule has 0 saturated carbocycles. The Labute approximate surface area is 88.4 Å². The smallest absolute Gasteiger partial charge is 0.0192 e. The fraction of sp³-hybridized carbons (Fsp3) is 0.833. The molecule has 0 aromatic heterocycles. The van der Waals surface area contributed by atoms with Crippen LogP contribution < -0.4 is 5.32 Å². The molecule has 14 heavy (non-hydrogen) atoms. The first-order valence-electron chi connectivity index (χ1n) is 5.93. The molecule has 1 aliphatic rings. The van der Waals surface area contributed by atoms with Gasteiger partial charge in [0.2, 0.25) is 0 Å². The molecular weight excluding hydrogens is 172 g/mol. The number of nitrogens with one attached hydrogen (secondary N) is 1. The molecule has 2 nitrogen and oxygen atoms in total. The van der Waals surface area contributed by atoms with Gasteiger partial charge in [0.25, 0.3) is 0 Å². The van der Waals surface area contributed by atoms with Crippen molar-refractivity contribution in [1.29, 1.82) is 0 Å². The lowest BCUT2D eigenvalue weighted by Crippen LogP contribution is -2.37. The molecule has 0 radical (unpaired) electrons. The van der Waals surface area contributed by atoms with Crippen molar-refractivity contribution in [1.82, 2.24) is 10.2 Å². The standard InChI is InChI=1S/C12H24N2/c1-3-5-6-9-14-10-7-8-13-12(4-2)11-14/h3,5,12-13H,4,6-11H2,1-2H3/b5-3+. The van der Waals surface area contributed by atoms with Gasteiger partial charge in [0.05, 0.1) is 0 Å². The van der Waals surface area contributed by atoms with Crippen LogP contribution in [0.5, 0.6) is 0 Å². The molecule has 1 saturated heterocycles. The Bertz CT molecular complexity index is 166. The Hall–Kier alpha value is -0.340. The van der Waals surface area contributed by atoms with Gasteiger partial charge in [0, 0.05) is 19.1 Å². The van der Waals surface area contributed by atoms with Gasteiger partial charge in [-0.25, -0.2) is 0 Å². The highest BCUT2D eigenvalue weighted by Gasteiger charge is 2.14. The molecule has 0 spiro atoms. The minimum absolute atomic E-state index is 0.711. The third-order valence-electron chi connectivity index (χ3n) is 2.90. The van der Waals surface area contributed by atoms with Crippen molar-refractivity contribution in [3.63, 3.8) is 0 Å². The second kappa shape index (κ2) is 7.02. The van der Waals surface area contributed by atoms with E-state index in [1.54, 1.807) is 0 Å². The zero-order chi connectivity index (χ0) is 10.2. The summed E-state index contributed by atoms with van der Waals surface area (Å²) >= 11 is 0. The molecule has 2 heteroatoms. The topological polar surface area (TPSA) is 15.3 Å². The predicted octanol–water partition coefficient (Wildman–Crippen LogP) is 2.03. The maximum absolute atomic E-state index is 3.59. The van der Waals surface area contributed by atoms with Gasteiger partial charge in [0.15, 0.2) is 0 Å². The van der Waals surface area contributed by atoms with Gasteiger partial charge in [-0.15, -0.1) is 0 Å². The van der Waals surface area contributed by atoms with Gasteiger partial charge in [-0.05, 0) is 39.3 Å². The molecule has 0 aromatic rings. The van der Waals surface area contributed by atoms with Gasteiger partial charge in [-0.1, -0.05) is 19.1 Å². The highest BCUT2D eigenvalue weighted by atomic mass is 15.2. The van der Waals surface area contributed by atoms with Crippen molar-refractivity contribution in [3.05, 3.63) is 12.2 Å². The van der Waals surface area contributed by atoms with Crippen LogP contribution in [-0.2, 0) is 0 Å². The van der Waals surface area contributed by atoms with Crippen molar-refractivity contribution in [2.75, 3.05) is 26.2 Å². The van der Waals surface area contributed by atoms with E-state index in [4.69, 9.17) is 0 Å². The molecular formula is C12H24N2. The number of hydrogen-bond donors (Lipinski definition) is 1. The molecule has 1 aliphatic heterocycles. The summed E-state index contributed by atoms with van der Waals surface area (Å²) < 4.78 is 0. The highest BCUT2D eigenvalue weighted by molar-refractivity contribution is 4.81. The fourth-order valence-corrected chi connectivity index (χ4v) is 1.98. The average molecular weight is 196 g/mol. The average Bonchev–Trinajstić information content (AvgIpc) is 2.43. The minimum atomic E-state index is 0.711. The van der Waals surface area contributed by atoms with E-state index in [9.17, 15) is 0 Å². The zero-order valence-corrected chi connectivity index (χ0v) is 9.63. The molecule has 1 fully saturated rings. The number of rotatable bonds is 4. The minimum Gasteiger partial charge on any atom is -0.313 e. The normalized spacial score (nSPS) is 25.4. The molecule has 82 valence electrons. The lowest BCUT2D eigenvalue weighted by atomic mass is 10.2. The van der Waals surface area contributed by atoms with E-state index < -0.39 is 0 Å².